The molecule has 27 heavy (non-hydrogen) atoms. The van der Waals surface area contributed by atoms with Crippen LogP contribution in [-0.2, 0) is 4.79 Å². The number of hydrogen-bond donors (Lipinski definition) is 1. The molecule has 1 atom stereocenters. The normalized spacial score (nSPS) is 17.3. The number of benzene rings is 1. The largest absolute Gasteiger partial charge is 0.347 e. The zero-order valence-corrected chi connectivity index (χ0v) is 14.2. The highest BCUT2D eigenvalue weighted by molar-refractivity contribution is 5.85. The number of rotatable bonds is 4. The first-order valence-corrected chi connectivity index (χ1v) is 8.41. The van der Waals surface area contributed by atoms with Crippen LogP contribution < -0.4 is 9.80 Å². The van der Waals surface area contributed by atoms with E-state index in [1.54, 1.807) is 17.0 Å². The molecule has 2 aromatic heterocycles. The average Bonchev–Trinajstić information content (AvgIpc) is 3.10. The number of hydrogen-bond acceptors (Lipinski definition) is 6. The van der Waals surface area contributed by atoms with E-state index in [9.17, 15) is 19.3 Å². The van der Waals surface area contributed by atoms with Crippen molar-refractivity contribution in [1.29, 1.82) is 0 Å². The molecule has 9 heteroatoms. The number of piperazine rings is 1. The minimum Gasteiger partial charge on any atom is -0.347 e. The molecule has 0 aliphatic carbocycles. The number of aldehydes is 1. The summed E-state index contributed by atoms with van der Waals surface area (Å²) in [5.41, 5.74) is 0.690. The van der Waals surface area contributed by atoms with Gasteiger partial charge in [-0.15, -0.1) is 0 Å². The zero-order valence-electron chi connectivity index (χ0n) is 14.2. The minimum atomic E-state index is -0.515. The number of H-pyrrole nitrogens is 1. The van der Waals surface area contributed by atoms with Gasteiger partial charge in [-0.05, 0) is 30.3 Å². The van der Waals surface area contributed by atoms with Gasteiger partial charge in [-0.1, -0.05) is 0 Å². The summed E-state index contributed by atoms with van der Waals surface area (Å²) in [6.07, 6.45) is 2.31. The second kappa shape index (κ2) is 6.67. The highest BCUT2D eigenvalue weighted by Crippen LogP contribution is 2.29. The van der Waals surface area contributed by atoms with Gasteiger partial charge >= 0.3 is 5.69 Å². The molecule has 1 N–H and O–H groups in total. The van der Waals surface area contributed by atoms with Crippen LogP contribution in [-0.4, -0.2) is 46.9 Å². The number of nitrogens with one attached hydrogen (secondary N) is 1. The van der Waals surface area contributed by atoms with Gasteiger partial charge < -0.3 is 19.6 Å². The summed E-state index contributed by atoms with van der Waals surface area (Å²) in [4.78, 5) is 33.5. The lowest BCUT2D eigenvalue weighted by molar-refractivity contribution is -0.384. The maximum absolute atomic E-state index is 13.4. The number of carbonyl (C=O) groups is 1. The van der Waals surface area contributed by atoms with Crippen LogP contribution in [0.5, 0.6) is 0 Å². The summed E-state index contributed by atoms with van der Waals surface area (Å²) in [6.45, 7) is 1.20. The lowest BCUT2D eigenvalue weighted by Gasteiger charge is -2.39. The Morgan fingerprint density at radius 2 is 2.15 bits per heavy atom. The molecule has 1 aromatic carbocycles. The Kier molecular flexibility index (Phi) is 4.19. The van der Waals surface area contributed by atoms with Crippen molar-refractivity contribution in [2.45, 2.75) is 6.04 Å². The summed E-state index contributed by atoms with van der Waals surface area (Å²) in [6, 6.07) is 8.65. The van der Waals surface area contributed by atoms with E-state index in [1.807, 2.05) is 4.90 Å². The summed E-state index contributed by atoms with van der Waals surface area (Å²) in [5, 5.41) is 12.0. The Balaban J connectivity index is 1.62. The van der Waals surface area contributed by atoms with Gasteiger partial charge in [0.05, 0.1) is 4.92 Å². The fraction of sp³-hybridized carbons (Fsp3) is 0.222. The SMILES string of the molecule is O=CC1CN(c2ncccc2[N+](=O)[O-])CCN1c1cc2cc(F)ccc2[nH]1. The maximum Gasteiger partial charge on any atom is 0.311 e. The van der Waals surface area contributed by atoms with Crippen LogP contribution in [0.2, 0.25) is 0 Å². The van der Waals surface area contributed by atoms with Crippen molar-refractivity contribution in [2.24, 2.45) is 0 Å². The van der Waals surface area contributed by atoms with Crippen molar-refractivity contribution in [3.8, 4) is 0 Å². The number of aromatic nitrogens is 2. The molecule has 3 aromatic rings. The highest BCUT2D eigenvalue weighted by atomic mass is 19.1. The molecule has 0 radical (unpaired) electrons. The summed E-state index contributed by atoms with van der Waals surface area (Å²) in [7, 11) is 0. The number of nitro groups is 1. The van der Waals surface area contributed by atoms with E-state index in [0.717, 1.165) is 17.2 Å². The van der Waals surface area contributed by atoms with Gasteiger partial charge in [0, 0.05) is 42.8 Å². The predicted molar refractivity (Wildman–Crippen MR) is 98.6 cm³/mol. The van der Waals surface area contributed by atoms with Gasteiger partial charge in [0.15, 0.2) is 0 Å². The molecule has 1 aliphatic heterocycles. The van der Waals surface area contributed by atoms with E-state index in [1.165, 1.54) is 30.5 Å². The van der Waals surface area contributed by atoms with Crippen molar-refractivity contribution >= 4 is 34.5 Å². The van der Waals surface area contributed by atoms with E-state index >= 15 is 0 Å². The predicted octanol–water partition coefficient (Wildman–Crippen LogP) is 2.50. The van der Waals surface area contributed by atoms with Crippen LogP contribution in [0, 0.1) is 15.9 Å². The molecule has 0 saturated carbocycles. The summed E-state index contributed by atoms with van der Waals surface area (Å²) >= 11 is 0. The van der Waals surface area contributed by atoms with Gasteiger partial charge in [0.1, 0.15) is 24.0 Å². The van der Waals surface area contributed by atoms with Gasteiger partial charge in [0.2, 0.25) is 5.82 Å². The fourth-order valence-electron chi connectivity index (χ4n) is 3.44. The molecule has 0 bridgehead atoms. The summed E-state index contributed by atoms with van der Waals surface area (Å²) < 4.78 is 13.4. The first kappa shape index (κ1) is 17.0. The van der Waals surface area contributed by atoms with E-state index < -0.39 is 11.0 Å². The highest BCUT2D eigenvalue weighted by Gasteiger charge is 2.31. The molecule has 3 heterocycles. The van der Waals surface area contributed by atoms with Gasteiger partial charge in [-0.3, -0.25) is 10.1 Å². The van der Waals surface area contributed by atoms with Crippen LogP contribution in [0.25, 0.3) is 10.9 Å². The standard InChI is InChI=1S/C18H16FN5O3/c19-13-3-4-15-12(8-13)9-17(21-15)23-7-6-22(10-14(23)11-25)18-16(24(26)27)2-1-5-20-18/h1-5,8-9,11,14,21H,6-7,10H2. The first-order chi connectivity index (χ1) is 13.1. The zero-order chi connectivity index (χ0) is 19.0. The number of pyridine rings is 1. The lowest BCUT2D eigenvalue weighted by atomic mass is 10.1. The Hall–Kier alpha value is -3.49. The molecule has 1 unspecified atom stereocenters. The Morgan fingerprint density at radius 1 is 1.30 bits per heavy atom. The van der Waals surface area contributed by atoms with Crippen LogP contribution in [0.15, 0.2) is 42.6 Å². The molecule has 8 nitrogen and oxygen atoms in total. The van der Waals surface area contributed by atoms with Gasteiger partial charge in [-0.25, -0.2) is 9.37 Å². The quantitative estimate of drug-likeness (QED) is 0.431. The van der Waals surface area contributed by atoms with E-state index in [-0.39, 0.29) is 23.9 Å². The Labute approximate surface area is 153 Å². The van der Waals surface area contributed by atoms with Crippen LogP contribution in [0.1, 0.15) is 0 Å². The third-order valence-electron chi connectivity index (χ3n) is 4.72. The third kappa shape index (κ3) is 3.07. The second-order valence-corrected chi connectivity index (χ2v) is 6.33. The van der Waals surface area contributed by atoms with Crippen molar-refractivity contribution in [3.63, 3.8) is 0 Å². The third-order valence-corrected chi connectivity index (χ3v) is 4.72. The molecule has 138 valence electrons. The number of anilines is 2. The molecule has 4 rings (SSSR count). The first-order valence-electron chi connectivity index (χ1n) is 8.41. The fourth-order valence-corrected chi connectivity index (χ4v) is 3.44. The average molecular weight is 369 g/mol. The summed E-state index contributed by atoms with van der Waals surface area (Å²) in [5.74, 6) is 0.642. The molecule has 1 saturated heterocycles. The molecule has 0 spiro atoms. The lowest BCUT2D eigenvalue weighted by Crippen LogP contribution is -2.54. The molecular formula is C18H16FN5O3. The van der Waals surface area contributed by atoms with Gasteiger partial charge in [-0.2, -0.15) is 0 Å². The number of halogens is 1. The maximum atomic E-state index is 13.4. The smallest absolute Gasteiger partial charge is 0.311 e. The molecule has 0 amide bonds. The molecule has 1 fully saturated rings. The van der Waals surface area contributed by atoms with Crippen molar-refractivity contribution in [1.82, 2.24) is 9.97 Å². The number of fused-ring (bicyclic) bond motifs is 1. The van der Waals surface area contributed by atoms with Crippen molar-refractivity contribution < 1.29 is 14.1 Å². The second-order valence-electron chi connectivity index (χ2n) is 6.33. The van der Waals surface area contributed by atoms with Crippen molar-refractivity contribution in [3.05, 3.63) is 58.5 Å². The van der Waals surface area contributed by atoms with E-state index in [0.29, 0.717) is 18.9 Å². The van der Waals surface area contributed by atoms with Crippen LogP contribution in [0.3, 0.4) is 0 Å². The van der Waals surface area contributed by atoms with Crippen molar-refractivity contribution in [2.75, 3.05) is 29.4 Å². The molecule has 1 aliphatic rings. The Morgan fingerprint density at radius 3 is 2.93 bits per heavy atom. The molecular weight excluding hydrogens is 353 g/mol. The number of nitrogens with zero attached hydrogens (tertiary/aromatic N) is 4. The minimum absolute atomic E-state index is 0.0864. The van der Waals surface area contributed by atoms with Gasteiger partial charge in [0.25, 0.3) is 0 Å². The number of carbonyl (C=O) groups excluding carboxylic acids is 1. The number of aromatic amines is 1. The Bertz CT molecular complexity index is 1020. The van der Waals surface area contributed by atoms with Crippen LogP contribution in [0.4, 0.5) is 21.7 Å². The topological polar surface area (TPSA) is 95.4 Å². The van der Waals surface area contributed by atoms with E-state index in [4.69, 9.17) is 0 Å². The van der Waals surface area contributed by atoms with E-state index in [2.05, 4.69) is 9.97 Å². The van der Waals surface area contributed by atoms with Crippen LogP contribution >= 0.6 is 0 Å². The monoisotopic (exact) mass is 369 g/mol.